The normalized spacial score (nSPS) is 19.7. The van der Waals surface area contributed by atoms with Crippen LogP contribution in [-0.4, -0.2) is 24.4 Å². The number of hydrogen-bond acceptors (Lipinski definition) is 3. The highest BCUT2D eigenvalue weighted by molar-refractivity contribution is 5.36. The summed E-state index contributed by atoms with van der Waals surface area (Å²) in [5.41, 5.74) is 0.399. The Morgan fingerprint density at radius 2 is 1.94 bits per heavy atom. The first-order chi connectivity index (χ1) is 8.73. The van der Waals surface area contributed by atoms with Crippen LogP contribution in [-0.2, 0) is 4.74 Å². The molecule has 0 aliphatic heterocycles. The van der Waals surface area contributed by atoms with E-state index in [2.05, 4.69) is 0 Å². The van der Waals surface area contributed by atoms with E-state index in [-0.39, 0.29) is 0 Å². The molecule has 1 N–H and O–H groups in total. The summed E-state index contributed by atoms with van der Waals surface area (Å²) in [6.07, 6.45) is 3.42. The highest BCUT2D eigenvalue weighted by Crippen LogP contribution is 2.44. The van der Waals surface area contributed by atoms with Gasteiger partial charge < -0.3 is 14.6 Å². The Balaban J connectivity index is 2.29. The summed E-state index contributed by atoms with van der Waals surface area (Å²) in [7, 11) is 1.69. The number of rotatable bonds is 5. The predicted octanol–water partition coefficient (Wildman–Crippen LogP) is 3.08. The second-order valence-electron chi connectivity index (χ2n) is 4.85. The van der Waals surface area contributed by atoms with Crippen molar-refractivity contribution in [2.75, 3.05) is 13.7 Å². The molecule has 3 heteroatoms. The Morgan fingerprint density at radius 3 is 2.56 bits per heavy atom. The van der Waals surface area contributed by atoms with Crippen LogP contribution in [0.4, 0.5) is 0 Å². The molecule has 0 amide bonds. The van der Waals surface area contributed by atoms with Gasteiger partial charge in [-0.25, -0.2) is 0 Å². The van der Waals surface area contributed by atoms with Gasteiger partial charge in [0.05, 0.1) is 12.2 Å². The monoisotopic (exact) mass is 250 g/mol. The predicted molar refractivity (Wildman–Crippen MR) is 70.8 cm³/mol. The fourth-order valence-corrected chi connectivity index (χ4v) is 2.84. The zero-order valence-corrected chi connectivity index (χ0v) is 11.2. The third kappa shape index (κ3) is 2.38. The summed E-state index contributed by atoms with van der Waals surface area (Å²) < 4.78 is 11.2. The molecule has 1 unspecified atom stereocenters. The van der Waals surface area contributed by atoms with Gasteiger partial charge in [0, 0.05) is 12.7 Å². The van der Waals surface area contributed by atoms with Crippen molar-refractivity contribution in [2.45, 2.75) is 44.3 Å². The number of hydrogen-bond donors (Lipinski definition) is 1. The number of methoxy groups -OCH3 is 1. The van der Waals surface area contributed by atoms with E-state index in [4.69, 9.17) is 9.47 Å². The molecule has 0 saturated heterocycles. The molecular formula is C15H22O3. The van der Waals surface area contributed by atoms with Crippen LogP contribution >= 0.6 is 0 Å². The van der Waals surface area contributed by atoms with Crippen molar-refractivity contribution >= 4 is 0 Å². The van der Waals surface area contributed by atoms with Crippen LogP contribution in [0.2, 0.25) is 0 Å². The highest BCUT2D eigenvalue weighted by atomic mass is 16.5. The summed E-state index contributed by atoms with van der Waals surface area (Å²) in [5.74, 6) is 0.760. The van der Waals surface area contributed by atoms with Crippen LogP contribution in [0.3, 0.4) is 0 Å². The minimum Gasteiger partial charge on any atom is -0.493 e. The Bertz CT molecular complexity index is 383. The van der Waals surface area contributed by atoms with Gasteiger partial charge in [-0.1, -0.05) is 31.0 Å². The maximum Gasteiger partial charge on any atom is 0.125 e. The molecule has 0 bridgehead atoms. The summed E-state index contributed by atoms with van der Waals surface area (Å²) in [6.45, 7) is 2.55. The zero-order valence-electron chi connectivity index (χ0n) is 11.2. The van der Waals surface area contributed by atoms with Crippen LogP contribution in [0.25, 0.3) is 0 Å². The van der Waals surface area contributed by atoms with E-state index >= 15 is 0 Å². The van der Waals surface area contributed by atoms with E-state index in [0.717, 1.165) is 37.0 Å². The van der Waals surface area contributed by atoms with Crippen LogP contribution < -0.4 is 4.74 Å². The number of aliphatic hydroxyl groups excluding tert-OH is 1. The van der Waals surface area contributed by atoms with Crippen molar-refractivity contribution in [3.8, 4) is 5.75 Å². The summed E-state index contributed by atoms with van der Waals surface area (Å²) in [5, 5.41) is 10.7. The first kappa shape index (κ1) is 13.4. The Labute approximate surface area is 109 Å². The Hall–Kier alpha value is -1.06. The van der Waals surface area contributed by atoms with Crippen molar-refractivity contribution in [1.29, 1.82) is 0 Å². The molecule has 1 aromatic rings. The molecule has 100 valence electrons. The lowest BCUT2D eigenvalue weighted by atomic mass is 9.89. The lowest BCUT2D eigenvalue weighted by molar-refractivity contribution is -0.101. The van der Waals surface area contributed by atoms with Gasteiger partial charge in [-0.2, -0.15) is 0 Å². The zero-order chi connectivity index (χ0) is 13.0. The van der Waals surface area contributed by atoms with Gasteiger partial charge in [0.25, 0.3) is 0 Å². The molecule has 1 aliphatic carbocycles. The molecule has 0 aromatic heterocycles. The quantitative estimate of drug-likeness (QED) is 0.872. The molecule has 0 radical (unpaired) electrons. The Kier molecular flexibility index (Phi) is 4.25. The molecule has 1 fully saturated rings. The first-order valence-corrected chi connectivity index (χ1v) is 6.68. The highest BCUT2D eigenvalue weighted by Gasteiger charge is 2.42. The van der Waals surface area contributed by atoms with E-state index in [1.165, 1.54) is 0 Å². The smallest absolute Gasteiger partial charge is 0.125 e. The largest absolute Gasteiger partial charge is 0.493 e. The van der Waals surface area contributed by atoms with Gasteiger partial charge in [-0.05, 0) is 25.8 Å². The van der Waals surface area contributed by atoms with Gasteiger partial charge in [-0.3, -0.25) is 0 Å². The Morgan fingerprint density at radius 1 is 1.28 bits per heavy atom. The van der Waals surface area contributed by atoms with Crippen LogP contribution in [0.1, 0.15) is 44.3 Å². The van der Waals surface area contributed by atoms with Gasteiger partial charge in [0.2, 0.25) is 0 Å². The molecule has 1 aromatic carbocycles. The maximum absolute atomic E-state index is 10.7. The van der Waals surface area contributed by atoms with Crippen molar-refractivity contribution in [3.63, 3.8) is 0 Å². The first-order valence-electron chi connectivity index (χ1n) is 6.68. The standard InChI is InChI=1S/C15H22O3/c1-3-18-13-9-5-4-8-12(13)14(16)15(17-2)10-6-7-11-15/h4-5,8-9,14,16H,3,6-7,10-11H2,1-2H3. The molecule has 3 nitrogen and oxygen atoms in total. The molecule has 1 atom stereocenters. The number of para-hydroxylation sites is 1. The van der Waals surface area contributed by atoms with Crippen molar-refractivity contribution < 1.29 is 14.6 Å². The second-order valence-corrected chi connectivity index (χ2v) is 4.85. The van der Waals surface area contributed by atoms with Gasteiger partial charge in [0.1, 0.15) is 11.9 Å². The van der Waals surface area contributed by atoms with E-state index in [1.54, 1.807) is 7.11 Å². The average Bonchev–Trinajstić information content (AvgIpc) is 2.89. The fraction of sp³-hybridized carbons (Fsp3) is 0.600. The van der Waals surface area contributed by atoms with Crippen LogP contribution in [0, 0.1) is 0 Å². The molecular weight excluding hydrogens is 228 g/mol. The van der Waals surface area contributed by atoms with Crippen LogP contribution in [0.15, 0.2) is 24.3 Å². The number of ether oxygens (including phenoxy) is 2. The summed E-state index contributed by atoms with van der Waals surface area (Å²) in [4.78, 5) is 0. The molecule has 18 heavy (non-hydrogen) atoms. The molecule has 1 aliphatic rings. The third-order valence-corrected chi connectivity index (χ3v) is 3.87. The molecule has 0 spiro atoms. The maximum atomic E-state index is 10.7. The second kappa shape index (κ2) is 5.72. The van der Waals surface area contributed by atoms with Gasteiger partial charge in [-0.15, -0.1) is 0 Å². The SMILES string of the molecule is CCOc1ccccc1C(O)C1(OC)CCCC1. The van der Waals surface area contributed by atoms with Gasteiger partial charge >= 0.3 is 0 Å². The minimum absolute atomic E-state index is 0.437. The van der Waals surface area contributed by atoms with Gasteiger partial charge in [0.15, 0.2) is 0 Å². The molecule has 0 heterocycles. The lowest BCUT2D eigenvalue weighted by Gasteiger charge is -2.33. The van der Waals surface area contributed by atoms with E-state index in [9.17, 15) is 5.11 Å². The van der Waals surface area contributed by atoms with E-state index < -0.39 is 11.7 Å². The van der Waals surface area contributed by atoms with Crippen molar-refractivity contribution in [1.82, 2.24) is 0 Å². The molecule has 1 saturated carbocycles. The number of benzene rings is 1. The molecule has 2 rings (SSSR count). The average molecular weight is 250 g/mol. The summed E-state index contributed by atoms with van der Waals surface area (Å²) in [6, 6.07) is 7.68. The third-order valence-electron chi connectivity index (χ3n) is 3.87. The van der Waals surface area contributed by atoms with Crippen molar-refractivity contribution in [2.24, 2.45) is 0 Å². The van der Waals surface area contributed by atoms with E-state index in [0.29, 0.717) is 6.61 Å². The lowest BCUT2D eigenvalue weighted by Crippen LogP contribution is -2.35. The fourth-order valence-electron chi connectivity index (χ4n) is 2.84. The van der Waals surface area contributed by atoms with E-state index in [1.807, 2.05) is 31.2 Å². The topological polar surface area (TPSA) is 38.7 Å². The minimum atomic E-state index is -0.618. The summed E-state index contributed by atoms with van der Waals surface area (Å²) >= 11 is 0. The number of aliphatic hydroxyl groups is 1. The van der Waals surface area contributed by atoms with Crippen molar-refractivity contribution in [3.05, 3.63) is 29.8 Å². The van der Waals surface area contributed by atoms with Crippen LogP contribution in [0.5, 0.6) is 5.75 Å².